The van der Waals surface area contributed by atoms with Gasteiger partial charge in [0.2, 0.25) is 5.91 Å². The van der Waals surface area contributed by atoms with Crippen LogP contribution in [0.3, 0.4) is 0 Å². The van der Waals surface area contributed by atoms with Crippen molar-refractivity contribution in [2.75, 3.05) is 13.1 Å². The number of nitrogens with zero attached hydrogens (tertiary/aromatic N) is 4. The molecule has 0 bridgehead atoms. The molecule has 1 saturated heterocycles. The third-order valence-corrected chi connectivity index (χ3v) is 5.70. The molecular weight excluding hydrogens is 342 g/mol. The molecule has 142 valence electrons. The second-order valence-electron chi connectivity index (χ2n) is 7.46. The fourth-order valence-electron chi connectivity index (χ4n) is 4.21. The van der Waals surface area contributed by atoms with Gasteiger partial charge in [0, 0.05) is 24.3 Å². The predicted molar refractivity (Wildman–Crippen MR) is 100 cm³/mol. The molecule has 1 unspecified atom stereocenters. The lowest BCUT2D eigenvalue weighted by molar-refractivity contribution is -0.128. The Balaban J connectivity index is 1.50. The zero-order valence-corrected chi connectivity index (χ0v) is 15.4. The number of amides is 2. The molecule has 0 radical (unpaired) electrons. The number of hydrogen-bond donors (Lipinski definition) is 1. The van der Waals surface area contributed by atoms with Gasteiger partial charge in [-0.1, -0.05) is 32.1 Å². The molecule has 7 nitrogen and oxygen atoms in total. The highest BCUT2D eigenvalue weighted by Crippen LogP contribution is 2.29. The molecule has 1 aliphatic carbocycles. The van der Waals surface area contributed by atoms with E-state index in [4.69, 9.17) is 0 Å². The number of piperazine rings is 1. The normalized spacial score (nSPS) is 21.1. The molecule has 1 N–H and O–H groups in total. The Morgan fingerprint density at radius 2 is 1.78 bits per heavy atom. The summed E-state index contributed by atoms with van der Waals surface area (Å²) in [5.74, 6) is 0.460. The fraction of sp³-hybridized carbons (Fsp3) is 0.500. The van der Waals surface area contributed by atoms with Gasteiger partial charge in [-0.25, -0.2) is 0 Å². The van der Waals surface area contributed by atoms with Gasteiger partial charge in [-0.2, -0.15) is 0 Å². The molecule has 2 fully saturated rings. The summed E-state index contributed by atoms with van der Waals surface area (Å²) >= 11 is 0. The van der Waals surface area contributed by atoms with Crippen LogP contribution in [0.5, 0.6) is 0 Å². The number of benzene rings is 1. The zero-order valence-electron chi connectivity index (χ0n) is 15.4. The van der Waals surface area contributed by atoms with Crippen LogP contribution in [-0.2, 0) is 4.79 Å². The van der Waals surface area contributed by atoms with Crippen LogP contribution in [0.15, 0.2) is 36.9 Å². The van der Waals surface area contributed by atoms with Crippen LogP contribution in [0.1, 0.15) is 48.9 Å². The number of nitrogens with one attached hydrogen (secondary N) is 1. The first kappa shape index (κ1) is 17.7. The minimum absolute atomic E-state index is 0.0127. The van der Waals surface area contributed by atoms with E-state index in [1.54, 1.807) is 22.1 Å². The molecule has 1 aliphatic heterocycles. The monoisotopic (exact) mass is 367 g/mol. The van der Waals surface area contributed by atoms with E-state index in [1.165, 1.54) is 32.1 Å². The second-order valence-corrected chi connectivity index (χ2v) is 7.46. The SMILES string of the molecule is O=C1NCCN(C(=O)c2ccc(-n3cnnc3)cc2)C1CC1CCCCC1. The predicted octanol–water partition coefficient (Wildman–Crippen LogP) is 2.18. The molecule has 4 rings (SSSR count). The molecule has 1 aromatic heterocycles. The molecule has 0 spiro atoms. The first-order valence-electron chi connectivity index (χ1n) is 9.76. The summed E-state index contributed by atoms with van der Waals surface area (Å²) in [5, 5.41) is 10.5. The standard InChI is InChI=1S/C20H25N5O2/c26-19-18(12-15-4-2-1-3-5-15)25(11-10-21-19)20(27)16-6-8-17(9-7-16)24-13-22-23-14-24/h6-9,13-15,18H,1-5,10-12H2,(H,21,26). The lowest BCUT2D eigenvalue weighted by atomic mass is 9.84. The summed E-state index contributed by atoms with van der Waals surface area (Å²) in [6.07, 6.45) is 10.1. The Kier molecular flexibility index (Phi) is 5.18. The Morgan fingerprint density at radius 1 is 1.07 bits per heavy atom. The van der Waals surface area contributed by atoms with Crippen molar-refractivity contribution in [1.82, 2.24) is 25.0 Å². The van der Waals surface area contributed by atoms with Crippen LogP contribution in [0.4, 0.5) is 0 Å². The van der Waals surface area contributed by atoms with Gasteiger partial charge in [0.25, 0.3) is 5.91 Å². The molecule has 2 aliphatic rings. The van der Waals surface area contributed by atoms with E-state index in [0.717, 1.165) is 12.1 Å². The van der Waals surface area contributed by atoms with Crippen LogP contribution in [0, 0.1) is 5.92 Å². The molecule has 27 heavy (non-hydrogen) atoms. The van der Waals surface area contributed by atoms with E-state index in [0.29, 0.717) is 24.6 Å². The third kappa shape index (κ3) is 3.86. The van der Waals surface area contributed by atoms with Crippen LogP contribution in [-0.4, -0.2) is 50.6 Å². The van der Waals surface area contributed by atoms with Gasteiger partial charge in [0.1, 0.15) is 18.7 Å². The molecule has 2 aromatic rings. The maximum atomic E-state index is 13.1. The van der Waals surface area contributed by atoms with Crippen molar-refractivity contribution in [1.29, 1.82) is 0 Å². The quantitative estimate of drug-likeness (QED) is 0.898. The smallest absolute Gasteiger partial charge is 0.254 e. The highest BCUT2D eigenvalue weighted by atomic mass is 16.2. The number of hydrogen-bond acceptors (Lipinski definition) is 4. The average Bonchev–Trinajstić information content (AvgIpc) is 3.25. The van der Waals surface area contributed by atoms with Gasteiger partial charge in [0.15, 0.2) is 0 Å². The molecule has 1 aromatic carbocycles. The Hall–Kier alpha value is -2.70. The molecule has 7 heteroatoms. The fourth-order valence-corrected chi connectivity index (χ4v) is 4.21. The van der Waals surface area contributed by atoms with Gasteiger partial charge in [-0.05, 0) is 36.6 Å². The average molecular weight is 367 g/mol. The van der Waals surface area contributed by atoms with E-state index < -0.39 is 0 Å². The van der Waals surface area contributed by atoms with Gasteiger partial charge in [0.05, 0.1) is 0 Å². The van der Waals surface area contributed by atoms with Gasteiger partial charge < -0.3 is 10.2 Å². The number of rotatable bonds is 4. The van der Waals surface area contributed by atoms with Crippen molar-refractivity contribution >= 4 is 11.8 Å². The first-order chi connectivity index (χ1) is 13.2. The van der Waals surface area contributed by atoms with E-state index in [2.05, 4.69) is 15.5 Å². The Morgan fingerprint density at radius 3 is 2.48 bits per heavy atom. The van der Waals surface area contributed by atoms with Crippen LogP contribution < -0.4 is 5.32 Å². The largest absolute Gasteiger partial charge is 0.353 e. The van der Waals surface area contributed by atoms with E-state index in [1.807, 2.05) is 24.3 Å². The minimum Gasteiger partial charge on any atom is -0.353 e. The van der Waals surface area contributed by atoms with Crippen LogP contribution in [0.2, 0.25) is 0 Å². The summed E-state index contributed by atoms with van der Waals surface area (Å²) < 4.78 is 1.79. The first-order valence-corrected chi connectivity index (χ1v) is 9.76. The molecule has 1 atom stereocenters. The highest BCUT2D eigenvalue weighted by Gasteiger charge is 2.35. The molecule has 1 saturated carbocycles. The third-order valence-electron chi connectivity index (χ3n) is 5.70. The Labute approximate surface area is 158 Å². The Bertz CT molecular complexity index is 781. The maximum Gasteiger partial charge on any atom is 0.254 e. The summed E-state index contributed by atoms with van der Waals surface area (Å²) in [4.78, 5) is 27.4. The van der Waals surface area contributed by atoms with Crippen LogP contribution >= 0.6 is 0 Å². The van der Waals surface area contributed by atoms with Gasteiger partial charge in [-0.15, -0.1) is 10.2 Å². The van der Waals surface area contributed by atoms with E-state index >= 15 is 0 Å². The minimum atomic E-state index is -0.355. The number of carbonyl (C=O) groups is 2. The van der Waals surface area contributed by atoms with Crippen molar-refractivity contribution < 1.29 is 9.59 Å². The number of aromatic nitrogens is 3. The van der Waals surface area contributed by atoms with Crippen molar-refractivity contribution in [3.63, 3.8) is 0 Å². The second kappa shape index (κ2) is 7.90. The molecular formula is C20H25N5O2. The lowest BCUT2D eigenvalue weighted by Crippen LogP contribution is -2.57. The van der Waals surface area contributed by atoms with Crippen molar-refractivity contribution in [2.45, 2.75) is 44.6 Å². The van der Waals surface area contributed by atoms with Crippen molar-refractivity contribution in [3.8, 4) is 5.69 Å². The van der Waals surface area contributed by atoms with Gasteiger partial charge >= 0.3 is 0 Å². The summed E-state index contributed by atoms with van der Waals surface area (Å²) in [6.45, 7) is 1.08. The topological polar surface area (TPSA) is 80.1 Å². The summed E-state index contributed by atoms with van der Waals surface area (Å²) in [5.41, 5.74) is 1.50. The van der Waals surface area contributed by atoms with Crippen molar-refractivity contribution in [3.05, 3.63) is 42.5 Å². The lowest BCUT2D eigenvalue weighted by Gasteiger charge is -2.37. The van der Waals surface area contributed by atoms with Gasteiger partial charge in [-0.3, -0.25) is 14.2 Å². The summed E-state index contributed by atoms with van der Waals surface area (Å²) in [7, 11) is 0. The number of carbonyl (C=O) groups excluding carboxylic acids is 2. The molecule has 2 amide bonds. The highest BCUT2D eigenvalue weighted by molar-refractivity contribution is 5.98. The van der Waals surface area contributed by atoms with Crippen LogP contribution in [0.25, 0.3) is 5.69 Å². The van der Waals surface area contributed by atoms with E-state index in [9.17, 15) is 9.59 Å². The summed E-state index contributed by atoms with van der Waals surface area (Å²) in [6, 6.07) is 7.00. The maximum absolute atomic E-state index is 13.1. The molecule has 2 heterocycles. The van der Waals surface area contributed by atoms with Crippen molar-refractivity contribution in [2.24, 2.45) is 5.92 Å². The zero-order chi connectivity index (χ0) is 18.6. The van der Waals surface area contributed by atoms with E-state index in [-0.39, 0.29) is 17.9 Å².